The largest absolute Gasteiger partial charge is 0.398 e. The van der Waals surface area contributed by atoms with Crippen LogP contribution in [0.3, 0.4) is 0 Å². The normalized spacial score (nSPS) is 18.6. The van der Waals surface area contributed by atoms with Gasteiger partial charge in [-0.2, -0.15) is 0 Å². The van der Waals surface area contributed by atoms with Crippen LogP contribution < -0.4 is 11.1 Å². The maximum atomic E-state index is 11.6. The molecule has 2 rings (SSSR count). The van der Waals surface area contributed by atoms with E-state index in [9.17, 15) is 4.79 Å². The van der Waals surface area contributed by atoms with Gasteiger partial charge < -0.3 is 11.1 Å². The van der Waals surface area contributed by atoms with E-state index in [4.69, 9.17) is 5.73 Å². The molecular formula is C11H14N2O. The Labute approximate surface area is 83.3 Å². The fourth-order valence-electron chi connectivity index (χ4n) is 1.90. The van der Waals surface area contributed by atoms with Crippen LogP contribution in [0, 0.1) is 0 Å². The molecule has 3 N–H and O–H groups in total. The molecular weight excluding hydrogens is 176 g/mol. The molecule has 0 aliphatic carbocycles. The summed E-state index contributed by atoms with van der Waals surface area (Å²) < 4.78 is 0. The van der Waals surface area contributed by atoms with Gasteiger partial charge in [0, 0.05) is 12.2 Å². The highest BCUT2D eigenvalue weighted by atomic mass is 16.2. The van der Waals surface area contributed by atoms with Crippen LogP contribution in [0.5, 0.6) is 0 Å². The zero-order valence-corrected chi connectivity index (χ0v) is 8.42. The number of benzene rings is 1. The average molecular weight is 190 g/mol. The van der Waals surface area contributed by atoms with Gasteiger partial charge in [0.15, 0.2) is 0 Å². The van der Waals surface area contributed by atoms with Crippen LogP contribution >= 0.6 is 0 Å². The molecule has 1 aromatic rings. The van der Waals surface area contributed by atoms with E-state index < -0.39 is 5.41 Å². The molecule has 1 heterocycles. The van der Waals surface area contributed by atoms with Crippen molar-refractivity contribution < 1.29 is 4.79 Å². The summed E-state index contributed by atoms with van der Waals surface area (Å²) in [4.78, 5) is 11.6. The van der Waals surface area contributed by atoms with Crippen LogP contribution in [0.4, 0.5) is 5.69 Å². The first-order valence-corrected chi connectivity index (χ1v) is 4.69. The van der Waals surface area contributed by atoms with Crippen molar-refractivity contribution in [3.05, 3.63) is 29.3 Å². The number of rotatable bonds is 0. The summed E-state index contributed by atoms with van der Waals surface area (Å²) in [6.07, 6.45) is 0. The Bertz CT molecular complexity index is 396. The lowest BCUT2D eigenvalue weighted by atomic mass is 9.78. The summed E-state index contributed by atoms with van der Waals surface area (Å²) in [6, 6.07) is 5.74. The molecule has 0 atom stereocenters. The van der Waals surface area contributed by atoms with E-state index in [-0.39, 0.29) is 5.91 Å². The maximum absolute atomic E-state index is 11.6. The number of amides is 1. The summed E-state index contributed by atoms with van der Waals surface area (Å²) in [5.74, 6) is 0.0654. The minimum atomic E-state index is -0.469. The van der Waals surface area contributed by atoms with E-state index in [1.807, 2.05) is 32.0 Å². The van der Waals surface area contributed by atoms with Gasteiger partial charge in [-0.1, -0.05) is 12.1 Å². The van der Waals surface area contributed by atoms with Gasteiger partial charge in [0.25, 0.3) is 0 Å². The lowest BCUT2D eigenvalue weighted by Crippen LogP contribution is -2.44. The van der Waals surface area contributed by atoms with Crippen LogP contribution in [0.25, 0.3) is 0 Å². The first kappa shape index (κ1) is 9.06. The number of nitrogens with one attached hydrogen (secondary N) is 1. The van der Waals surface area contributed by atoms with Crippen molar-refractivity contribution in [2.24, 2.45) is 0 Å². The van der Waals surface area contributed by atoms with Crippen molar-refractivity contribution in [1.29, 1.82) is 0 Å². The molecule has 0 radical (unpaired) electrons. The second kappa shape index (κ2) is 2.74. The minimum Gasteiger partial charge on any atom is -0.398 e. The standard InChI is InChI=1S/C11H14N2O/c1-11(2)8-4-3-5-9(12)7(8)6-13-10(11)14/h3-5H,6,12H2,1-2H3,(H,13,14). The Balaban J connectivity index is 2.64. The van der Waals surface area contributed by atoms with Crippen molar-refractivity contribution in [2.45, 2.75) is 25.8 Å². The van der Waals surface area contributed by atoms with Crippen LogP contribution in [0.15, 0.2) is 18.2 Å². The van der Waals surface area contributed by atoms with Gasteiger partial charge in [-0.3, -0.25) is 4.79 Å². The van der Waals surface area contributed by atoms with Crippen molar-refractivity contribution in [3.8, 4) is 0 Å². The van der Waals surface area contributed by atoms with Crippen LogP contribution in [0.2, 0.25) is 0 Å². The predicted octanol–water partition coefficient (Wildman–Crippen LogP) is 1.18. The molecule has 0 saturated heterocycles. The second-order valence-corrected chi connectivity index (χ2v) is 4.18. The molecule has 3 heteroatoms. The van der Waals surface area contributed by atoms with E-state index in [1.165, 1.54) is 0 Å². The van der Waals surface area contributed by atoms with Crippen molar-refractivity contribution in [2.75, 3.05) is 5.73 Å². The molecule has 74 valence electrons. The highest BCUT2D eigenvalue weighted by Crippen LogP contribution is 2.32. The third kappa shape index (κ3) is 1.09. The van der Waals surface area contributed by atoms with Gasteiger partial charge in [0.05, 0.1) is 5.41 Å². The molecule has 14 heavy (non-hydrogen) atoms. The molecule has 0 unspecified atom stereocenters. The van der Waals surface area contributed by atoms with E-state index in [1.54, 1.807) is 0 Å². The van der Waals surface area contributed by atoms with E-state index in [2.05, 4.69) is 5.32 Å². The van der Waals surface area contributed by atoms with Gasteiger partial charge in [-0.25, -0.2) is 0 Å². The number of nitrogens with two attached hydrogens (primary N) is 1. The smallest absolute Gasteiger partial charge is 0.230 e. The number of hydrogen-bond acceptors (Lipinski definition) is 2. The quantitative estimate of drug-likeness (QED) is 0.603. The van der Waals surface area contributed by atoms with Crippen LogP contribution in [0.1, 0.15) is 25.0 Å². The molecule has 0 aromatic heterocycles. The Morgan fingerprint density at radius 1 is 1.43 bits per heavy atom. The average Bonchev–Trinajstić information content (AvgIpc) is 2.13. The lowest BCUT2D eigenvalue weighted by Gasteiger charge is -2.32. The third-order valence-electron chi connectivity index (χ3n) is 2.88. The zero-order valence-electron chi connectivity index (χ0n) is 8.42. The fourth-order valence-corrected chi connectivity index (χ4v) is 1.90. The van der Waals surface area contributed by atoms with Gasteiger partial charge in [0.2, 0.25) is 5.91 Å². The highest BCUT2D eigenvalue weighted by molar-refractivity contribution is 5.90. The number of carbonyl (C=O) groups is 1. The number of fused-ring (bicyclic) bond motifs is 1. The van der Waals surface area contributed by atoms with Crippen LogP contribution in [-0.2, 0) is 16.8 Å². The van der Waals surface area contributed by atoms with E-state index >= 15 is 0 Å². The Morgan fingerprint density at radius 3 is 2.86 bits per heavy atom. The molecule has 0 saturated carbocycles. The lowest BCUT2D eigenvalue weighted by molar-refractivity contribution is -0.126. The van der Waals surface area contributed by atoms with E-state index in [0.717, 1.165) is 16.8 Å². The summed E-state index contributed by atoms with van der Waals surface area (Å²) in [5.41, 5.74) is 8.24. The number of carbonyl (C=O) groups excluding carboxylic acids is 1. The molecule has 1 aliphatic rings. The molecule has 1 aliphatic heterocycles. The highest BCUT2D eigenvalue weighted by Gasteiger charge is 2.35. The molecule has 0 spiro atoms. The summed E-state index contributed by atoms with van der Waals surface area (Å²) in [5, 5.41) is 2.85. The van der Waals surface area contributed by atoms with E-state index in [0.29, 0.717) is 6.54 Å². The molecule has 1 aromatic carbocycles. The summed E-state index contributed by atoms with van der Waals surface area (Å²) in [6.45, 7) is 4.38. The minimum absolute atomic E-state index is 0.0654. The first-order valence-electron chi connectivity index (χ1n) is 4.69. The van der Waals surface area contributed by atoms with Gasteiger partial charge in [-0.05, 0) is 31.0 Å². The number of nitrogen functional groups attached to an aromatic ring is 1. The molecule has 1 amide bonds. The van der Waals surface area contributed by atoms with Crippen LogP contribution in [-0.4, -0.2) is 5.91 Å². The topological polar surface area (TPSA) is 55.1 Å². The van der Waals surface area contributed by atoms with Gasteiger partial charge in [0.1, 0.15) is 0 Å². The molecule has 0 fully saturated rings. The monoisotopic (exact) mass is 190 g/mol. The molecule has 0 bridgehead atoms. The molecule has 3 nitrogen and oxygen atoms in total. The van der Waals surface area contributed by atoms with Crippen molar-refractivity contribution >= 4 is 11.6 Å². The number of anilines is 1. The maximum Gasteiger partial charge on any atom is 0.230 e. The summed E-state index contributed by atoms with van der Waals surface area (Å²) >= 11 is 0. The Hall–Kier alpha value is -1.51. The first-order chi connectivity index (χ1) is 6.53. The summed E-state index contributed by atoms with van der Waals surface area (Å²) in [7, 11) is 0. The zero-order chi connectivity index (χ0) is 10.3. The third-order valence-corrected chi connectivity index (χ3v) is 2.88. The van der Waals surface area contributed by atoms with Gasteiger partial charge in [-0.15, -0.1) is 0 Å². The van der Waals surface area contributed by atoms with Gasteiger partial charge >= 0.3 is 0 Å². The van der Waals surface area contributed by atoms with Crippen molar-refractivity contribution in [1.82, 2.24) is 5.32 Å². The Morgan fingerprint density at radius 2 is 2.14 bits per heavy atom. The second-order valence-electron chi connectivity index (χ2n) is 4.18. The number of hydrogen-bond donors (Lipinski definition) is 2. The predicted molar refractivity (Wildman–Crippen MR) is 55.7 cm³/mol. The SMILES string of the molecule is CC1(C)C(=O)NCc2c(N)cccc21. The Kier molecular flexibility index (Phi) is 1.77. The fraction of sp³-hybridized carbons (Fsp3) is 0.364. The van der Waals surface area contributed by atoms with Crippen molar-refractivity contribution in [3.63, 3.8) is 0 Å².